The Bertz CT molecular complexity index is 481. The fourth-order valence-corrected chi connectivity index (χ4v) is 2.15. The van der Waals surface area contributed by atoms with E-state index >= 15 is 0 Å². The zero-order chi connectivity index (χ0) is 14.4. The van der Waals surface area contributed by atoms with Crippen LogP contribution in [0.4, 0.5) is 0 Å². The second-order valence-electron chi connectivity index (χ2n) is 3.77. The van der Waals surface area contributed by atoms with E-state index in [1.165, 1.54) is 13.2 Å². The molecule has 2 N–H and O–H groups in total. The minimum absolute atomic E-state index is 0.203. The summed E-state index contributed by atoms with van der Waals surface area (Å²) in [6, 6.07) is 3.89. The Labute approximate surface area is 129 Å². The number of methoxy groups -OCH3 is 1. The van der Waals surface area contributed by atoms with Crippen molar-refractivity contribution in [1.82, 2.24) is 5.32 Å². The molecule has 0 saturated carbocycles. The number of hydrogen-bond donors (Lipinski definition) is 2. The summed E-state index contributed by atoms with van der Waals surface area (Å²) in [5.41, 5.74) is 0.358. The third kappa shape index (κ3) is 4.96. The number of benzene rings is 1. The summed E-state index contributed by atoms with van der Waals surface area (Å²) >= 11 is 7.82. The fourth-order valence-electron chi connectivity index (χ4n) is 1.40. The van der Waals surface area contributed by atoms with E-state index in [0.29, 0.717) is 14.2 Å². The van der Waals surface area contributed by atoms with Gasteiger partial charge in [0.2, 0.25) is 0 Å². The molecule has 0 aliphatic heterocycles. The van der Waals surface area contributed by atoms with Gasteiger partial charge in [-0.25, -0.2) is 4.79 Å². The number of halogens is 2. The predicted molar refractivity (Wildman–Crippen MR) is 79.6 cm³/mol. The summed E-state index contributed by atoms with van der Waals surface area (Å²) in [5, 5.41) is 11.9. The van der Waals surface area contributed by atoms with Crippen molar-refractivity contribution in [3.05, 3.63) is 32.4 Å². The zero-order valence-corrected chi connectivity index (χ0v) is 13.1. The van der Waals surface area contributed by atoms with Crippen LogP contribution in [0.15, 0.2) is 18.2 Å². The predicted octanol–water partition coefficient (Wildman–Crippen LogP) is 2.16. The number of amides is 1. The molecule has 0 bridgehead atoms. The van der Waals surface area contributed by atoms with E-state index in [9.17, 15) is 9.59 Å². The average molecular weight is 398 g/mol. The Kier molecular flexibility index (Phi) is 6.53. The molecule has 1 unspecified atom stereocenters. The van der Waals surface area contributed by atoms with Gasteiger partial charge in [0, 0.05) is 28.7 Å². The molecule has 0 heterocycles. The lowest BCUT2D eigenvalue weighted by Gasteiger charge is -2.14. The summed E-state index contributed by atoms with van der Waals surface area (Å²) in [4.78, 5) is 23.0. The molecular formula is C12H13ClINO4. The van der Waals surface area contributed by atoms with Gasteiger partial charge in [-0.1, -0.05) is 11.6 Å². The van der Waals surface area contributed by atoms with Crippen LogP contribution in [0.2, 0.25) is 5.02 Å². The van der Waals surface area contributed by atoms with Crippen molar-refractivity contribution < 1.29 is 19.4 Å². The third-order valence-corrected chi connectivity index (χ3v) is 3.56. The van der Waals surface area contributed by atoms with Gasteiger partial charge >= 0.3 is 5.97 Å². The summed E-state index contributed by atoms with van der Waals surface area (Å²) < 4.78 is 5.52. The molecule has 0 fully saturated rings. The van der Waals surface area contributed by atoms with Crippen molar-refractivity contribution in [2.75, 3.05) is 13.7 Å². The molecule has 104 valence electrons. The molecule has 5 nitrogen and oxygen atoms in total. The molecular weight excluding hydrogens is 384 g/mol. The molecule has 0 radical (unpaired) electrons. The summed E-state index contributed by atoms with van der Waals surface area (Å²) in [6.45, 7) is 0.254. The van der Waals surface area contributed by atoms with Crippen LogP contribution in [-0.4, -0.2) is 36.7 Å². The van der Waals surface area contributed by atoms with Crippen LogP contribution in [0.25, 0.3) is 0 Å². The van der Waals surface area contributed by atoms with Gasteiger partial charge in [0.05, 0.1) is 5.56 Å². The number of hydrogen-bond acceptors (Lipinski definition) is 3. The van der Waals surface area contributed by atoms with Crippen LogP contribution in [0, 0.1) is 3.57 Å². The van der Waals surface area contributed by atoms with E-state index in [1.54, 1.807) is 12.1 Å². The highest BCUT2D eigenvalue weighted by molar-refractivity contribution is 14.1. The SMILES string of the molecule is COCCC(NC(=O)c1cc(Cl)ccc1I)C(=O)O. The first-order valence-electron chi connectivity index (χ1n) is 5.43. The maximum absolute atomic E-state index is 12.0. The number of carbonyl (C=O) groups excluding carboxylic acids is 1. The first-order valence-corrected chi connectivity index (χ1v) is 6.89. The van der Waals surface area contributed by atoms with Gasteiger partial charge in [0.25, 0.3) is 5.91 Å². The number of ether oxygens (including phenoxy) is 1. The van der Waals surface area contributed by atoms with Crippen molar-refractivity contribution in [2.24, 2.45) is 0 Å². The fraction of sp³-hybridized carbons (Fsp3) is 0.333. The molecule has 0 aliphatic rings. The van der Waals surface area contributed by atoms with E-state index in [4.69, 9.17) is 21.4 Å². The van der Waals surface area contributed by atoms with Gasteiger partial charge in [-0.3, -0.25) is 4.79 Å². The Morgan fingerprint density at radius 3 is 2.79 bits per heavy atom. The number of carbonyl (C=O) groups is 2. The number of rotatable bonds is 6. The molecule has 19 heavy (non-hydrogen) atoms. The topological polar surface area (TPSA) is 75.6 Å². The van der Waals surface area contributed by atoms with Gasteiger partial charge in [0.1, 0.15) is 6.04 Å². The lowest BCUT2D eigenvalue weighted by Crippen LogP contribution is -2.41. The molecule has 1 aromatic rings. The van der Waals surface area contributed by atoms with Crippen molar-refractivity contribution in [2.45, 2.75) is 12.5 Å². The first kappa shape index (κ1) is 16.2. The molecule has 0 saturated heterocycles. The van der Waals surface area contributed by atoms with E-state index < -0.39 is 17.9 Å². The third-order valence-electron chi connectivity index (χ3n) is 2.39. The second kappa shape index (κ2) is 7.66. The maximum atomic E-state index is 12.0. The van der Waals surface area contributed by atoms with E-state index in [1.807, 2.05) is 22.6 Å². The van der Waals surface area contributed by atoms with Crippen LogP contribution in [-0.2, 0) is 9.53 Å². The molecule has 1 amide bonds. The van der Waals surface area contributed by atoms with Gasteiger partial charge in [0.15, 0.2) is 0 Å². The van der Waals surface area contributed by atoms with Crippen molar-refractivity contribution in [3.63, 3.8) is 0 Å². The van der Waals surface area contributed by atoms with E-state index in [0.717, 1.165) is 0 Å². The number of aliphatic carboxylic acids is 1. The lowest BCUT2D eigenvalue weighted by molar-refractivity contribution is -0.139. The molecule has 1 rings (SSSR count). The molecule has 1 aromatic carbocycles. The van der Waals surface area contributed by atoms with E-state index in [-0.39, 0.29) is 13.0 Å². The highest BCUT2D eigenvalue weighted by Crippen LogP contribution is 2.18. The van der Waals surface area contributed by atoms with E-state index in [2.05, 4.69) is 5.32 Å². The monoisotopic (exact) mass is 397 g/mol. The summed E-state index contributed by atoms with van der Waals surface area (Å²) in [5.74, 6) is -1.56. The molecule has 0 aromatic heterocycles. The van der Waals surface area contributed by atoms with Crippen LogP contribution in [0.1, 0.15) is 16.8 Å². The smallest absolute Gasteiger partial charge is 0.326 e. The van der Waals surface area contributed by atoms with Crippen LogP contribution < -0.4 is 5.32 Å². The standard InChI is InChI=1S/C12H13ClINO4/c1-19-5-4-10(12(17)18)15-11(16)8-6-7(13)2-3-9(8)14/h2-3,6,10H,4-5H2,1H3,(H,15,16)(H,17,18). The normalized spacial score (nSPS) is 11.9. The number of carboxylic acids is 1. The Hall–Kier alpha value is -0.860. The summed E-state index contributed by atoms with van der Waals surface area (Å²) in [7, 11) is 1.47. The minimum atomic E-state index is -1.09. The average Bonchev–Trinajstić information content (AvgIpc) is 2.36. The van der Waals surface area contributed by atoms with Crippen LogP contribution >= 0.6 is 34.2 Å². The molecule has 0 aliphatic carbocycles. The zero-order valence-electron chi connectivity index (χ0n) is 10.2. The Morgan fingerprint density at radius 1 is 1.53 bits per heavy atom. The van der Waals surface area contributed by atoms with Gasteiger partial charge in [-0.15, -0.1) is 0 Å². The first-order chi connectivity index (χ1) is 8.95. The van der Waals surface area contributed by atoms with Crippen LogP contribution in [0.3, 0.4) is 0 Å². The second-order valence-corrected chi connectivity index (χ2v) is 5.37. The minimum Gasteiger partial charge on any atom is -0.480 e. The van der Waals surface area contributed by atoms with Crippen molar-refractivity contribution in [3.8, 4) is 0 Å². The highest BCUT2D eigenvalue weighted by Gasteiger charge is 2.21. The van der Waals surface area contributed by atoms with Crippen molar-refractivity contribution in [1.29, 1.82) is 0 Å². The molecule has 0 spiro atoms. The van der Waals surface area contributed by atoms with Gasteiger partial charge in [-0.2, -0.15) is 0 Å². The van der Waals surface area contributed by atoms with Crippen LogP contribution in [0.5, 0.6) is 0 Å². The van der Waals surface area contributed by atoms with Crippen molar-refractivity contribution >= 4 is 46.1 Å². The lowest BCUT2D eigenvalue weighted by atomic mass is 10.1. The highest BCUT2D eigenvalue weighted by atomic mass is 127. The molecule has 7 heteroatoms. The van der Waals surface area contributed by atoms with Gasteiger partial charge < -0.3 is 15.2 Å². The summed E-state index contributed by atoms with van der Waals surface area (Å²) in [6.07, 6.45) is 0.203. The largest absolute Gasteiger partial charge is 0.480 e. The Balaban J connectivity index is 2.81. The number of nitrogens with one attached hydrogen (secondary N) is 1. The maximum Gasteiger partial charge on any atom is 0.326 e. The Morgan fingerprint density at radius 2 is 2.21 bits per heavy atom. The quantitative estimate of drug-likeness (QED) is 0.722. The molecule has 1 atom stereocenters. The van der Waals surface area contributed by atoms with Gasteiger partial charge in [-0.05, 0) is 40.8 Å². The number of carboxylic acid groups (broad SMARTS) is 1.